The van der Waals surface area contributed by atoms with Crippen molar-refractivity contribution in [3.05, 3.63) is 42.4 Å². The number of aromatic nitrogens is 5. The van der Waals surface area contributed by atoms with Gasteiger partial charge in [-0.15, -0.1) is 35.0 Å². The van der Waals surface area contributed by atoms with Crippen molar-refractivity contribution in [3.8, 4) is 28.1 Å². The van der Waals surface area contributed by atoms with E-state index in [0.717, 1.165) is 29.7 Å². The summed E-state index contributed by atoms with van der Waals surface area (Å²) >= 11 is 0. The molecule has 0 saturated carbocycles. The third-order valence-corrected chi connectivity index (χ3v) is 5.97. The number of nitrogens with one attached hydrogen (secondary N) is 1. The van der Waals surface area contributed by atoms with Crippen molar-refractivity contribution in [2.75, 3.05) is 11.9 Å². The SMILES string of the molecule is Cc1cc(-c2ccc(-c3cnc(N(C)C4CC(C)(C)NC(C)(C)C4)nn3)c(O)c2)cnn1.Cl.Cl. The lowest BCUT2D eigenvalue weighted by atomic mass is 9.79. The molecule has 1 saturated heterocycles. The third kappa shape index (κ3) is 6.11. The van der Waals surface area contributed by atoms with Gasteiger partial charge >= 0.3 is 0 Å². The van der Waals surface area contributed by atoms with E-state index >= 15 is 0 Å². The van der Waals surface area contributed by atoms with Crippen LogP contribution in [0, 0.1) is 6.92 Å². The normalized spacial score (nSPS) is 16.8. The highest BCUT2D eigenvalue weighted by Gasteiger charge is 2.39. The van der Waals surface area contributed by atoms with Crippen LogP contribution in [0.3, 0.4) is 0 Å². The Balaban J connectivity index is 0.00000204. The highest BCUT2D eigenvalue weighted by atomic mass is 35.5. The van der Waals surface area contributed by atoms with Crippen LogP contribution in [-0.4, -0.2) is 54.7 Å². The van der Waals surface area contributed by atoms with E-state index < -0.39 is 0 Å². The molecule has 1 aromatic carbocycles. The number of piperidine rings is 1. The topological polar surface area (TPSA) is 100.0 Å². The zero-order chi connectivity index (χ0) is 23.1. The van der Waals surface area contributed by atoms with Gasteiger partial charge in [-0.2, -0.15) is 10.2 Å². The van der Waals surface area contributed by atoms with Gasteiger partial charge in [0.25, 0.3) is 0 Å². The molecule has 34 heavy (non-hydrogen) atoms. The van der Waals surface area contributed by atoms with Crippen LogP contribution in [0.4, 0.5) is 5.95 Å². The van der Waals surface area contributed by atoms with E-state index in [1.807, 2.05) is 32.2 Å². The van der Waals surface area contributed by atoms with Gasteiger partial charge in [-0.05, 0) is 71.2 Å². The smallest absolute Gasteiger partial charge is 0.245 e. The third-order valence-electron chi connectivity index (χ3n) is 5.97. The first-order chi connectivity index (χ1) is 15.0. The summed E-state index contributed by atoms with van der Waals surface area (Å²) in [5.41, 5.74) is 3.76. The molecule has 2 N–H and O–H groups in total. The standard InChI is InChI=1S/C24H31N7O.2ClH/c1-15-9-17(13-26-27-15)16-7-8-19(21(32)10-16)20-14-25-22(29-28-20)31(6)18-11-23(2,3)30-24(4,5)12-18;;/h7-10,13-14,18,30,32H,11-12H2,1-6H3;2*1H. The van der Waals surface area contributed by atoms with E-state index in [9.17, 15) is 5.11 Å². The van der Waals surface area contributed by atoms with Gasteiger partial charge in [-0.25, -0.2) is 4.98 Å². The van der Waals surface area contributed by atoms with E-state index in [1.165, 1.54) is 0 Å². The Morgan fingerprint density at radius 2 is 1.62 bits per heavy atom. The molecule has 1 aliphatic heterocycles. The van der Waals surface area contributed by atoms with Crippen molar-refractivity contribution in [2.24, 2.45) is 0 Å². The molecule has 4 rings (SSSR count). The van der Waals surface area contributed by atoms with E-state index in [0.29, 0.717) is 23.2 Å². The Labute approximate surface area is 213 Å². The molecule has 3 aromatic rings. The zero-order valence-electron chi connectivity index (χ0n) is 20.4. The molecule has 0 atom stereocenters. The maximum atomic E-state index is 10.6. The average Bonchev–Trinajstić information content (AvgIpc) is 2.71. The minimum Gasteiger partial charge on any atom is -0.507 e. The fraction of sp³-hybridized carbons (Fsp3) is 0.458. The average molecular weight is 506 g/mol. The van der Waals surface area contributed by atoms with Gasteiger partial charge in [-0.1, -0.05) is 6.07 Å². The molecule has 3 heterocycles. The molecule has 0 bridgehead atoms. The number of nitrogens with zero attached hydrogens (tertiary/aromatic N) is 6. The van der Waals surface area contributed by atoms with Crippen LogP contribution < -0.4 is 10.2 Å². The number of phenolic OH excluding ortho intramolecular Hbond substituents is 1. The maximum absolute atomic E-state index is 10.6. The maximum Gasteiger partial charge on any atom is 0.245 e. The molecular weight excluding hydrogens is 473 g/mol. The second kappa shape index (κ2) is 10.4. The van der Waals surface area contributed by atoms with Crippen molar-refractivity contribution in [3.63, 3.8) is 0 Å². The predicted octanol–water partition coefficient (Wildman–Crippen LogP) is 4.60. The Morgan fingerprint density at radius 3 is 2.18 bits per heavy atom. The van der Waals surface area contributed by atoms with E-state index in [2.05, 4.69) is 63.3 Å². The van der Waals surface area contributed by atoms with Crippen LogP contribution in [0.5, 0.6) is 5.75 Å². The van der Waals surface area contributed by atoms with Gasteiger partial charge in [0.15, 0.2) is 0 Å². The first-order valence-electron chi connectivity index (χ1n) is 10.9. The van der Waals surface area contributed by atoms with Crippen LogP contribution in [0.25, 0.3) is 22.4 Å². The summed E-state index contributed by atoms with van der Waals surface area (Å²) in [6.45, 7) is 10.8. The van der Waals surface area contributed by atoms with Crippen molar-refractivity contribution in [1.29, 1.82) is 0 Å². The zero-order valence-corrected chi connectivity index (χ0v) is 22.0. The Hall–Kier alpha value is -2.55. The number of aromatic hydroxyl groups is 1. The van der Waals surface area contributed by atoms with Crippen LogP contribution in [0.1, 0.15) is 46.2 Å². The van der Waals surface area contributed by atoms with Crippen molar-refractivity contribution in [1.82, 2.24) is 30.7 Å². The number of phenols is 1. The van der Waals surface area contributed by atoms with Crippen LogP contribution in [-0.2, 0) is 0 Å². The molecule has 0 amide bonds. The molecule has 184 valence electrons. The number of rotatable bonds is 4. The second-order valence-corrected chi connectivity index (χ2v) is 10.0. The second-order valence-electron chi connectivity index (χ2n) is 10.0. The summed E-state index contributed by atoms with van der Waals surface area (Å²) in [5.74, 6) is 0.706. The lowest BCUT2D eigenvalue weighted by molar-refractivity contribution is 0.160. The Morgan fingerprint density at radius 1 is 0.941 bits per heavy atom. The van der Waals surface area contributed by atoms with Gasteiger partial charge in [0.2, 0.25) is 5.95 Å². The fourth-order valence-electron chi connectivity index (χ4n) is 4.82. The molecule has 10 heteroatoms. The Bertz CT molecular complexity index is 1110. The predicted molar refractivity (Wildman–Crippen MR) is 140 cm³/mol. The van der Waals surface area contributed by atoms with Crippen molar-refractivity contribution in [2.45, 2.75) is 64.6 Å². The first-order valence-corrected chi connectivity index (χ1v) is 10.9. The molecular formula is C24H33Cl2N7O. The minimum absolute atomic E-state index is 0. The van der Waals surface area contributed by atoms with E-state index in [-0.39, 0.29) is 41.6 Å². The van der Waals surface area contributed by atoms with Gasteiger partial charge in [0, 0.05) is 35.3 Å². The molecule has 0 radical (unpaired) electrons. The summed E-state index contributed by atoms with van der Waals surface area (Å²) in [6.07, 6.45) is 5.33. The van der Waals surface area contributed by atoms with Crippen LogP contribution in [0.2, 0.25) is 0 Å². The fourth-order valence-corrected chi connectivity index (χ4v) is 4.82. The molecule has 1 aliphatic rings. The number of halogens is 2. The van der Waals surface area contributed by atoms with Gasteiger partial charge in [-0.3, -0.25) is 0 Å². The molecule has 8 nitrogen and oxygen atoms in total. The van der Waals surface area contributed by atoms with Gasteiger partial charge in [0.1, 0.15) is 11.4 Å². The highest BCUT2D eigenvalue weighted by molar-refractivity contribution is 5.85. The summed E-state index contributed by atoms with van der Waals surface area (Å²) in [4.78, 5) is 6.68. The molecule has 1 fully saturated rings. The number of anilines is 1. The number of hydrogen-bond acceptors (Lipinski definition) is 8. The monoisotopic (exact) mass is 505 g/mol. The van der Waals surface area contributed by atoms with Crippen LogP contribution >= 0.6 is 24.8 Å². The summed E-state index contributed by atoms with van der Waals surface area (Å²) in [5, 5.41) is 31.0. The largest absolute Gasteiger partial charge is 0.507 e. The first kappa shape index (κ1) is 27.7. The van der Waals surface area contributed by atoms with Gasteiger partial charge < -0.3 is 15.3 Å². The van der Waals surface area contributed by atoms with Crippen molar-refractivity contribution < 1.29 is 5.11 Å². The molecule has 0 unspecified atom stereocenters. The summed E-state index contributed by atoms with van der Waals surface area (Å²) in [7, 11) is 2.02. The van der Waals surface area contributed by atoms with Crippen LogP contribution in [0.15, 0.2) is 36.7 Å². The van der Waals surface area contributed by atoms with Gasteiger partial charge in [0.05, 0.1) is 18.1 Å². The summed E-state index contributed by atoms with van der Waals surface area (Å²) in [6, 6.07) is 7.68. The highest BCUT2D eigenvalue weighted by Crippen LogP contribution is 2.34. The van der Waals surface area contributed by atoms with E-state index in [1.54, 1.807) is 18.5 Å². The van der Waals surface area contributed by atoms with E-state index in [4.69, 9.17) is 0 Å². The number of benzene rings is 1. The molecule has 0 spiro atoms. The number of aryl methyl sites for hydroxylation is 1. The van der Waals surface area contributed by atoms with Crippen molar-refractivity contribution >= 4 is 30.8 Å². The quantitative estimate of drug-likeness (QED) is 0.530. The Kier molecular flexibility index (Phi) is 8.45. The molecule has 0 aliphatic carbocycles. The number of hydrogen-bond donors (Lipinski definition) is 2. The summed E-state index contributed by atoms with van der Waals surface area (Å²) < 4.78 is 0. The molecule has 2 aromatic heterocycles. The lowest BCUT2D eigenvalue weighted by Gasteiger charge is -2.48. The minimum atomic E-state index is 0. The lowest BCUT2D eigenvalue weighted by Crippen LogP contribution is -2.62.